The third kappa shape index (κ3) is 5.05. The molecule has 1 atom stereocenters. The third-order valence-corrected chi connectivity index (χ3v) is 2.21. The number of esters is 1. The molecule has 2 nitrogen and oxygen atoms in total. The molecule has 0 rings (SSSR count). The second-order valence-electron chi connectivity index (χ2n) is 3.50. The Morgan fingerprint density at radius 1 is 1.36 bits per heavy atom. The molecular weight excluding hydrogens is 176 g/mol. The molecule has 82 valence electrons. The summed E-state index contributed by atoms with van der Waals surface area (Å²) in [6, 6.07) is 0. The summed E-state index contributed by atoms with van der Waals surface area (Å²) in [6.45, 7) is 8.02. The van der Waals surface area contributed by atoms with Crippen molar-refractivity contribution in [3.05, 3.63) is 11.6 Å². The molecule has 0 amide bonds. The van der Waals surface area contributed by atoms with Crippen LogP contribution in [-0.4, -0.2) is 12.1 Å². The highest BCUT2D eigenvalue weighted by atomic mass is 16.5. The summed E-state index contributed by atoms with van der Waals surface area (Å²) in [6.07, 6.45) is 5.68. The molecule has 0 saturated carbocycles. The van der Waals surface area contributed by atoms with E-state index in [0.29, 0.717) is 0 Å². The van der Waals surface area contributed by atoms with Crippen LogP contribution in [0.15, 0.2) is 11.6 Å². The lowest BCUT2D eigenvalue weighted by Crippen LogP contribution is -2.15. The summed E-state index contributed by atoms with van der Waals surface area (Å²) < 4.78 is 5.24. The van der Waals surface area contributed by atoms with E-state index in [4.69, 9.17) is 4.74 Å². The van der Waals surface area contributed by atoms with Crippen LogP contribution in [0.5, 0.6) is 0 Å². The summed E-state index contributed by atoms with van der Waals surface area (Å²) >= 11 is 0. The van der Waals surface area contributed by atoms with Gasteiger partial charge in [-0.25, -0.2) is 4.79 Å². The molecule has 0 aliphatic heterocycles. The Labute approximate surface area is 87.3 Å². The predicted molar refractivity (Wildman–Crippen MR) is 59.1 cm³/mol. The Bertz CT molecular complexity index is 194. The topological polar surface area (TPSA) is 26.3 Å². The van der Waals surface area contributed by atoms with Crippen LogP contribution in [0.2, 0.25) is 0 Å². The zero-order valence-corrected chi connectivity index (χ0v) is 9.80. The van der Waals surface area contributed by atoms with Crippen molar-refractivity contribution >= 4 is 5.97 Å². The highest BCUT2D eigenvalue weighted by molar-refractivity contribution is 5.88. The number of hydrogen-bond acceptors (Lipinski definition) is 2. The van der Waals surface area contributed by atoms with Gasteiger partial charge < -0.3 is 4.74 Å². The Kier molecular flexibility index (Phi) is 7.17. The van der Waals surface area contributed by atoms with Crippen molar-refractivity contribution in [1.82, 2.24) is 0 Å². The van der Waals surface area contributed by atoms with Crippen molar-refractivity contribution in [3.8, 4) is 0 Å². The maximum atomic E-state index is 11.6. The Balaban J connectivity index is 4.17. The van der Waals surface area contributed by atoms with E-state index >= 15 is 0 Å². The number of carbonyl (C=O) groups is 1. The predicted octanol–water partition coefficient (Wildman–Crippen LogP) is 3.46. The first-order valence-electron chi connectivity index (χ1n) is 5.55. The van der Waals surface area contributed by atoms with Gasteiger partial charge in [-0.1, -0.05) is 33.3 Å². The van der Waals surface area contributed by atoms with Gasteiger partial charge in [0.2, 0.25) is 0 Å². The Morgan fingerprint density at radius 3 is 2.43 bits per heavy atom. The van der Waals surface area contributed by atoms with Gasteiger partial charge in [-0.3, -0.25) is 0 Å². The molecule has 0 heterocycles. The van der Waals surface area contributed by atoms with Gasteiger partial charge in [0.05, 0.1) is 6.10 Å². The van der Waals surface area contributed by atoms with Gasteiger partial charge in [-0.2, -0.15) is 0 Å². The summed E-state index contributed by atoms with van der Waals surface area (Å²) in [5.41, 5.74) is 0.812. The smallest absolute Gasteiger partial charge is 0.333 e. The van der Waals surface area contributed by atoms with Gasteiger partial charge in [0.25, 0.3) is 0 Å². The summed E-state index contributed by atoms with van der Waals surface area (Å²) in [5.74, 6) is -0.143. The minimum Gasteiger partial charge on any atom is -0.459 e. The first kappa shape index (κ1) is 13.2. The van der Waals surface area contributed by atoms with Crippen LogP contribution in [0.25, 0.3) is 0 Å². The van der Waals surface area contributed by atoms with Crippen LogP contribution >= 0.6 is 0 Å². The van der Waals surface area contributed by atoms with Crippen molar-refractivity contribution in [1.29, 1.82) is 0 Å². The maximum Gasteiger partial charge on any atom is 0.333 e. The minimum atomic E-state index is -0.143. The largest absolute Gasteiger partial charge is 0.459 e. The zero-order chi connectivity index (χ0) is 11.0. The van der Waals surface area contributed by atoms with Crippen LogP contribution < -0.4 is 0 Å². The first-order chi connectivity index (χ1) is 6.65. The van der Waals surface area contributed by atoms with E-state index < -0.39 is 0 Å². The summed E-state index contributed by atoms with van der Waals surface area (Å²) in [4.78, 5) is 11.6. The molecule has 0 bridgehead atoms. The van der Waals surface area contributed by atoms with Crippen molar-refractivity contribution < 1.29 is 9.53 Å². The van der Waals surface area contributed by atoms with E-state index in [1.807, 2.05) is 26.8 Å². The average Bonchev–Trinajstić information content (AvgIpc) is 2.18. The molecule has 14 heavy (non-hydrogen) atoms. The lowest BCUT2D eigenvalue weighted by Gasteiger charge is -2.11. The van der Waals surface area contributed by atoms with Gasteiger partial charge in [0.15, 0.2) is 0 Å². The van der Waals surface area contributed by atoms with Gasteiger partial charge in [0.1, 0.15) is 0 Å². The molecule has 0 N–H and O–H groups in total. The molecule has 0 fully saturated rings. The number of hydrogen-bond donors (Lipinski definition) is 0. The van der Waals surface area contributed by atoms with Crippen molar-refractivity contribution in [2.24, 2.45) is 0 Å². The first-order valence-corrected chi connectivity index (χ1v) is 5.55. The Hall–Kier alpha value is -0.790. The van der Waals surface area contributed by atoms with E-state index in [1.54, 1.807) is 0 Å². The monoisotopic (exact) mass is 198 g/mol. The molecule has 0 saturated heterocycles. The van der Waals surface area contributed by atoms with Crippen molar-refractivity contribution in [2.45, 2.75) is 59.5 Å². The molecule has 0 spiro atoms. The summed E-state index contributed by atoms with van der Waals surface area (Å²) in [7, 11) is 0. The highest BCUT2D eigenvalue weighted by Gasteiger charge is 2.11. The maximum absolute atomic E-state index is 11.6. The molecule has 0 radical (unpaired) electrons. The van der Waals surface area contributed by atoms with Crippen LogP contribution in [0, 0.1) is 0 Å². The lowest BCUT2D eigenvalue weighted by molar-refractivity contribution is -0.143. The third-order valence-electron chi connectivity index (χ3n) is 2.21. The SMILES string of the molecule is CCC/C=C(\CC)C(=O)OC(C)CC. The second-order valence-corrected chi connectivity index (χ2v) is 3.50. The number of carbonyl (C=O) groups excluding carboxylic acids is 1. The van der Waals surface area contributed by atoms with E-state index in [1.165, 1.54) is 0 Å². The second kappa shape index (κ2) is 7.60. The standard InChI is InChI=1S/C12H22O2/c1-5-8-9-11(7-3)12(13)14-10(4)6-2/h9-10H,5-8H2,1-4H3/b11-9+. The molecule has 0 aliphatic rings. The molecule has 0 aromatic rings. The molecule has 0 aromatic carbocycles. The number of allylic oxidation sites excluding steroid dienone is 1. The molecule has 2 heteroatoms. The normalized spacial score (nSPS) is 13.9. The van der Waals surface area contributed by atoms with Crippen LogP contribution in [-0.2, 0) is 9.53 Å². The number of unbranched alkanes of at least 4 members (excludes halogenated alkanes) is 1. The zero-order valence-electron chi connectivity index (χ0n) is 9.80. The number of rotatable bonds is 6. The van der Waals surface area contributed by atoms with E-state index in [9.17, 15) is 4.79 Å². The van der Waals surface area contributed by atoms with Gasteiger partial charge in [-0.15, -0.1) is 0 Å². The van der Waals surface area contributed by atoms with E-state index in [-0.39, 0.29) is 12.1 Å². The van der Waals surface area contributed by atoms with E-state index in [0.717, 1.165) is 31.3 Å². The van der Waals surface area contributed by atoms with Crippen molar-refractivity contribution in [2.75, 3.05) is 0 Å². The molecule has 1 unspecified atom stereocenters. The lowest BCUT2D eigenvalue weighted by atomic mass is 10.1. The summed E-state index contributed by atoms with van der Waals surface area (Å²) in [5, 5.41) is 0. The molecule has 0 aliphatic carbocycles. The fourth-order valence-electron chi connectivity index (χ4n) is 1.03. The average molecular weight is 198 g/mol. The fourth-order valence-corrected chi connectivity index (χ4v) is 1.03. The van der Waals surface area contributed by atoms with Crippen LogP contribution in [0.1, 0.15) is 53.4 Å². The van der Waals surface area contributed by atoms with Crippen LogP contribution in [0.4, 0.5) is 0 Å². The van der Waals surface area contributed by atoms with E-state index in [2.05, 4.69) is 6.92 Å². The van der Waals surface area contributed by atoms with Gasteiger partial charge >= 0.3 is 5.97 Å². The van der Waals surface area contributed by atoms with Gasteiger partial charge in [0, 0.05) is 5.57 Å². The Morgan fingerprint density at radius 2 is 2.00 bits per heavy atom. The minimum absolute atomic E-state index is 0.0269. The highest BCUT2D eigenvalue weighted by Crippen LogP contribution is 2.09. The molecular formula is C12H22O2. The molecule has 0 aromatic heterocycles. The van der Waals surface area contributed by atoms with Crippen LogP contribution in [0.3, 0.4) is 0 Å². The fraction of sp³-hybridized carbons (Fsp3) is 0.750. The van der Waals surface area contributed by atoms with Gasteiger partial charge in [-0.05, 0) is 26.2 Å². The quantitative estimate of drug-likeness (QED) is 0.482. The van der Waals surface area contributed by atoms with Crippen molar-refractivity contribution in [3.63, 3.8) is 0 Å². The number of ether oxygens (including phenoxy) is 1.